The Morgan fingerprint density at radius 3 is 2.65 bits per heavy atom. The molecule has 0 fully saturated rings. The van der Waals surface area contributed by atoms with Gasteiger partial charge in [0, 0.05) is 10.7 Å². The number of ether oxygens (including phenoxy) is 1. The molecule has 0 saturated carbocycles. The van der Waals surface area contributed by atoms with Crippen molar-refractivity contribution >= 4 is 23.2 Å². The van der Waals surface area contributed by atoms with Crippen molar-refractivity contribution in [3.05, 3.63) is 82.4 Å². The van der Waals surface area contributed by atoms with E-state index in [1.165, 1.54) is 12.1 Å². The van der Waals surface area contributed by atoms with Gasteiger partial charge in [0.1, 0.15) is 11.9 Å². The van der Waals surface area contributed by atoms with Crippen LogP contribution in [0.15, 0.2) is 54.6 Å². The molecule has 26 heavy (non-hydrogen) atoms. The lowest BCUT2D eigenvalue weighted by Crippen LogP contribution is -2.22. The first kappa shape index (κ1) is 16.8. The fraction of sp³-hybridized carbons (Fsp3) is 0.158. The van der Waals surface area contributed by atoms with Gasteiger partial charge in [0.25, 0.3) is 5.91 Å². The number of rotatable bonds is 3. The number of halogens is 2. The fourth-order valence-electron chi connectivity index (χ4n) is 2.84. The maximum Gasteiger partial charge on any atom is 0.276 e. The molecule has 2 heterocycles. The number of anilines is 1. The lowest BCUT2D eigenvalue weighted by atomic mass is 10.1. The smallest absolute Gasteiger partial charge is 0.276 e. The van der Waals surface area contributed by atoms with Crippen LogP contribution in [0.25, 0.3) is 0 Å². The molecule has 0 aliphatic carbocycles. The molecule has 132 valence electrons. The van der Waals surface area contributed by atoms with E-state index in [0.29, 0.717) is 29.6 Å². The van der Waals surface area contributed by atoms with Gasteiger partial charge in [0.15, 0.2) is 5.69 Å². The van der Waals surface area contributed by atoms with E-state index in [4.69, 9.17) is 16.3 Å². The highest BCUT2D eigenvalue weighted by molar-refractivity contribution is 6.30. The number of carbonyl (C=O) groups excluding carboxylic acids is 1. The van der Waals surface area contributed by atoms with Crippen LogP contribution in [0.4, 0.5) is 10.1 Å². The summed E-state index contributed by atoms with van der Waals surface area (Å²) in [5, 5.41) is 7.77. The van der Waals surface area contributed by atoms with Crippen molar-refractivity contribution < 1.29 is 13.9 Å². The van der Waals surface area contributed by atoms with Gasteiger partial charge in [-0.1, -0.05) is 23.7 Å². The summed E-state index contributed by atoms with van der Waals surface area (Å²) in [6.07, 6.45) is -0.227. The number of hydrogen-bond acceptors (Lipinski definition) is 3. The zero-order chi connectivity index (χ0) is 18.1. The Bertz CT molecular complexity index is 938. The van der Waals surface area contributed by atoms with Gasteiger partial charge < -0.3 is 10.1 Å². The highest BCUT2D eigenvalue weighted by Crippen LogP contribution is 2.27. The van der Waals surface area contributed by atoms with Crippen molar-refractivity contribution in [1.82, 2.24) is 9.78 Å². The van der Waals surface area contributed by atoms with E-state index in [1.807, 2.05) is 0 Å². The second kappa shape index (κ2) is 6.90. The molecule has 4 rings (SSSR count). The first-order valence-electron chi connectivity index (χ1n) is 8.09. The van der Waals surface area contributed by atoms with Gasteiger partial charge in [-0.15, -0.1) is 0 Å². The summed E-state index contributed by atoms with van der Waals surface area (Å²) in [6, 6.07) is 14.8. The zero-order valence-electron chi connectivity index (χ0n) is 13.7. The van der Waals surface area contributed by atoms with Gasteiger partial charge in [-0.25, -0.2) is 4.39 Å². The summed E-state index contributed by atoms with van der Waals surface area (Å²) < 4.78 is 20.7. The first-order valence-corrected chi connectivity index (χ1v) is 8.47. The number of benzene rings is 2. The Balaban J connectivity index is 1.49. The van der Waals surface area contributed by atoms with E-state index in [1.54, 1.807) is 47.1 Å². The molecule has 1 aliphatic rings. The summed E-state index contributed by atoms with van der Waals surface area (Å²) in [6.45, 7) is 0.804. The molecular formula is C19H15ClFN3O2. The average molecular weight is 372 g/mol. The molecule has 0 unspecified atom stereocenters. The molecule has 7 heteroatoms. The third-order valence-electron chi connectivity index (χ3n) is 4.21. The Morgan fingerprint density at radius 2 is 1.92 bits per heavy atom. The number of nitrogens with one attached hydrogen (secondary N) is 1. The molecule has 1 atom stereocenters. The predicted molar refractivity (Wildman–Crippen MR) is 95.6 cm³/mol. The Kier molecular flexibility index (Phi) is 4.44. The van der Waals surface area contributed by atoms with E-state index >= 15 is 0 Å². The molecule has 2 aromatic carbocycles. The topological polar surface area (TPSA) is 56.2 Å². The molecule has 0 spiro atoms. The first-order chi connectivity index (χ1) is 12.6. The molecule has 0 bridgehead atoms. The number of amides is 1. The van der Waals surface area contributed by atoms with Crippen molar-refractivity contribution in [2.75, 3.05) is 5.32 Å². The van der Waals surface area contributed by atoms with Crippen molar-refractivity contribution in [3.8, 4) is 0 Å². The number of carbonyl (C=O) groups is 1. The van der Waals surface area contributed by atoms with E-state index in [2.05, 4.69) is 10.4 Å². The minimum atomic E-state index is -0.299. The normalized spacial score (nSPS) is 16.2. The van der Waals surface area contributed by atoms with Crippen molar-refractivity contribution in [2.24, 2.45) is 0 Å². The predicted octanol–water partition coefficient (Wildman–Crippen LogP) is 4.20. The maximum absolute atomic E-state index is 13.1. The monoisotopic (exact) mass is 371 g/mol. The van der Waals surface area contributed by atoms with Gasteiger partial charge >= 0.3 is 0 Å². The largest absolute Gasteiger partial charge is 0.365 e. The van der Waals surface area contributed by atoms with Gasteiger partial charge in [0.2, 0.25) is 0 Å². The van der Waals surface area contributed by atoms with Gasteiger partial charge in [0.05, 0.1) is 18.8 Å². The van der Waals surface area contributed by atoms with Crippen molar-refractivity contribution in [1.29, 1.82) is 0 Å². The molecule has 0 radical (unpaired) electrons. The lowest BCUT2D eigenvalue weighted by Gasteiger charge is -2.24. The number of nitrogens with zero attached hydrogens (tertiary/aromatic N) is 2. The molecule has 1 aliphatic heterocycles. The molecule has 5 nitrogen and oxygen atoms in total. The van der Waals surface area contributed by atoms with Crippen LogP contribution in [0.1, 0.15) is 27.8 Å². The van der Waals surface area contributed by atoms with E-state index in [9.17, 15) is 9.18 Å². The summed E-state index contributed by atoms with van der Waals surface area (Å²) >= 11 is 5.84. The Morgan fingerprint density at radius 1 is 1.19 bits per heavy atom. The minimum Gasteiger partial charge on any atom is -0.365 e. The van der Waals surface area contributed by atoms with Crippen LogP contribution in [-0.4, -0.2) is 15.7 Å². The minimum absolute atomic E-state index is 0.227. The average Bonchev–Trinajstić information content (AvgIpc) is 3.08. The van der Waals surface area contributed by atoms with E-state index < -0.39 is 0 Å². The van der Waals surface area contributed by atoms with Crippen LogP contribution in [0.3, 0.4) is 0 Å². The van der Waals surface area contributed by atoms with Crippen LogP contribution >= 0.6 is 11.6 Å². The van der Waals surface area contributed by atoms with Crippen LogP contribution in [-0.2, 0) is 17.9 Å². The summed E-state index contributed by atoms with van der Waals surface area (Å²) in [5.41, 5.74) is 2.66. The SMILES string of the molecule is O=C(Nc1ccc(Cl)cc1)c1cc2n(n1)C[C@H](c1ccc(F)cc1)OC2. The summed E-state index contributed by atoms with van der Waals surface area (Å²) in [7, 11) is 0. The standard InChI is InChI=1S/C19H15ClFN3O2/c20-13-3-7-15(8-4-13)22-19(25)17-9-16-11-26-18(10-24(16)23-17)12-1-5-14(21)6-2-12/h1-9,18H,10-11H2,(H,22,25)/t18-/m1/s1. The zero-order valence-corrected chi connectivity index (χ0v) is 14.4. The lowest BCUT2D eigenvalue weighted by molar-refractivity contribution is -0.00122. The number of hydrogen-bond donors (Lipinski definition) is 1. The Labute approximate surface area is 154 Å². The van der Waals surface area contributed by atoms with Gasteiger partial charge in [-0.05, 0) is 48.0 Å². The molecular weight excluding hydrogens is 357 g/mol. The highest BCUT2D eigenvalue weighted by Gasteiger charge is 2.24. The second-order valence-corrected chi connectivity index (χ2v) is 6.45. The van der Waals surface area contributed by atoms with Gasteiger partial charge in [-0.2, -0.15) is 5.10 Å². The van der Waals surface area contributed by atoms with E-state index in [0.717, 1.165) is 11.3 Å². The van der Waals surface area contributed by atoms with E-state index in [-0.39, 0.29) is 17.8 Å². The third kappa shape index (κ3) is 3.47. The summed E-state index contributed by atoms with van der Waals surface area (Å²) in [5.74, 6) is -0.585. The fourth-order valence-corrected chi connectivity index (χ4v) is 2.97. The van der Waals surface area contributed by atoms with Crippen LogP contribution in [0.2, 0.25) is 5.02 Å². The Hall–Kier alpha value is -2.70. The molecule has 3 aromatic rings. The number of fused-ring (bicyclic) bond motifs is 1. The molecule has 1 N–H and O–H groups in total. The number of aromatic nitrogens is 2. The second-order valence-electron chi connectivity index (χ2n) is 6.02. The quantitative estimate of drug-likeness (QED) is 0.750. The van der Waals surface area contributed by atoms with Gasteiger partial charge in [-0.3, -0.25) is 9.48 Å². The third-order valence-corrected chi connectivity index (χ3v) is 4.46. The summed E-state index contributed by atoms with van der Waals surface area (Å²) in [4.78, 5) is 12.4. The molecule has 1 amide bonds. The van der Waals surface area contributed by atoms with Crippen LogP contribution in [0, 0.1) is 5.82 Å². The molecule has 1 aromatic heterocycles. The molecule has 0 saturated heterocycles. The highest BCUT2D eigenvalue weighted by atomic mass is 35.5. The maximum atomic E-state index is 13.1. The van der Waals surface area contributed by atoms with Crippen LogP contribution < -0.4 is 5.32 Å². The van der Waals surface area contributed by atoms with Crippen molar-refractivity contribution in [2.45, 2.75) is 19.3 Å². The van der Waals surface area contributed by atoms with Crippen molar-refractivity contribution in [3.63, 3.8) is 0 Å². The van der Waals surface area contributed by atoms with Crippen LogP contribution in [0.5, 0.6) is 0 Å².